The molecule has 2 aliphatic rings. The number of benzene rings is 1. The van der Waals surface area contributed by atoms with Crippen molar-refractivity contribution >= 4 is 11.3 Å². The van der Waals surface area contributed by atoms with Gasteiger partial charge in [0.05, 0.1) is 31.3 Å². The molecule has 1 aliphatic heterocycles. The van der Waals surface area contributed by atoms with Gasteiger partial charge in [0.25, 0.3) is 5.88 Å². The van der Waals surface area contributed by atoms with Gasteiger partial charge in [0.2, 0.25) is 5.88 Å². The predicted octanol–water partition coefficient (Wildman–Crippen LogP) is 1.17. The Bertz CT molecular complexity index is 1030. The van der Waals surface area contributed by atoms with Crippen LogP contribution in [0.25, 0.3) is 5.57 Å². The largest absolute Gasteiger partial charge is 0.481 e. The van der Waals surface area contributed by atoms with Crippen LogP contribution in [0.15, 0.2) is 64.4 Å². The summed E-state index contributed by atoms with van der Waals surface area (Å²) in [6.07, 6.45) is 5.70. The van der Waals surface area contributed by atoms with Gasteiger partial charge >= 0.3 is 6.01 Å². The van der Waals surface area contributed by atoms with Crippen molar-refractivity contribution in [3.8, 4) is 17.8 Å². The number of hydrogen-bond donors (Lipinski definition) is 0. The molecule has 1 aromatic carbocycles. The zero-order chi connectivity index (χ0) is 17.2. The molecule has 25 heavy (non-hydrogen) atoms. The maximum Gasteiger partial charge on any atom is 0.322 e. The maximum atomic E-state index is 5.49. The Hall–Kier alpha value is -3.48. The first-order valence-corrected chi connectivity index (χ1v) is 7.58. The molecule has 0 N–H and O–H groups in total. The molecule has 7 nitrogen and oxygen atoms in total. The van der Waals surface area contributed by atoms with E-state index in [2.05, 4.69) is 20.1 Å². The van der Waals surface area contributed by atoms with Crippen molar-refractivity contribution in [2.75, 3.05) is 14.2 Å². The summed E-state index contributed by atoms with van der Waals surface area (Å²) < 4.78 is 10.1. The Morgan fingerprint density at radius 3 is 2.68 bits per heavy atom. The second kappa shape index (κ2) is 6.20. The topological polar surface area (TPSA) is 78.2 Å². The van der Waals surface area contributed by atoms with E-state index in [4.69, 9.17) is 14.3 Å². The summed E-state index contributed by atoms with van der Waals surface area (Å²) in [5.74, 6) is 0.556. The van der Waals surface area contributed by atoms with Crippen molar-refractivity contribution in [2.24, 2.45) is 10.1 Å². The van der Waals surface area contributed by atoms with Crippen molar-refractivity contribution in [1.82, 2.24) is 9.97 Å². The third-order valence-corrected chi connectivity index (χ3v) is 3.72. The zero-order valence-electron chi connectivity index (χ0n) is 13.6. The van der Waals surface area contributed by atoms with Gasteiger partial charge in [-0.3, -0.25) is 0 Å². The van der Waals surface area contributed by atoms with Crippen LogP contribution in [0.2, 0.25) is 0 Å². The Labute approximate surface area is 143 Å². The number of aromatic nitrogens is 2. The Kier molecular flexibility index (Phi) is 3.74. The first-order chi connectivity index (χ1) is 12.3. The van der Waals surface area contributed by atoms with Crippen LogP contribution in [-0.4, -0.2) is 29.9 Å². The lowest BCUT2D eigenvalue weighted by Gasteiger charge is -2.09. The number of allylic oxidation sites excluding steroid dienone is 4. The van der Waals surface area contributed by atoms with E-state index in [-0.39, 0.29) is 11.9 Å². The van der Waals surface area contributed by atoms with Gasteiger partial charge in [0.15, 0.2) is 0 Å². The van der Waals surface area contributed by atoms with Crippen LogP contribution in [0.3, 0.4) is 0 Å². The molecular formula is C18H14N4O3. The number of ether oxygens (including phenoxy) is 2. The minimum atomic E-state index is 0.142. The van der Waals surface area contributed by atoms with Gasteiger partial charge in [-0.2, -0.15) is 9.97 Å². The van der Waals surface area contributed by atoms with Gasteiger partial charge < -0.3 is 14.3 Å². The third-order valence-electron chi connectivity index (χ3n) is 3.72. The lowest BCUT2D eigenvalue weighted by molar-refractivity contribution is 0.301. The van der Waals surface area contributed by atoms with Gasteiger partial charge in [-0.15, -0.1) is 0 Å². The summed E-state index contributed by atoms with van der Waals surface area (Å²) >= 11 is 0. The van der Waals surface area contributed by atoms with Gasteiger partial charge in [-0.25, -0.2) is 4.99 Å². The van der Waals surface area contributed by atoms with Crippen LogP contribution in [0, 0.1) is 0 Å². The molecule has 2 aromatic rings. The number of oxime groups is 1. The molecule has 2 heterocycles. The SMILES string of the molecule is COc1cc(ON=C2C=CC=C3N=c4ccccc4=C32)nc(OC)n1. The number of methoxy groups -OCH3 is 2. The van der Waals surface area contributed by atoms with Gasteiger partial charge in [0.1, 0.15) is 5.71 Å². The van der Waals surface area contributed by atoms with E-state index in [0.717, 1.165) is 21.8 Å². The first-order valence-electron chi connectivity index (χ1n) is 7.58. The quantitative estimate of drug-likeness (QED) is 0.784. The molecule has 0 unspecified atom stereocenters. The van der Waals surface area contributed by atoms with Crippen LogP contribution in [0.1, 0.15) is 0 Å². The van der Waals surface area contributed by atoms with Crippen LogP contribution in [-0.2, 0) is 0 Å². The van der Waals surface area contributed by atoms with E-state index in [1.54, 1.807) is 0 Å². The molecule has 1 aliphatic carbocycles. The maximum absolute atomic E-state index is 5.49. The first kappa shape index (κ1) is 15.1. The number of rotatable bonds is 4. The summed E-state index contributed by atoms with van der Waals surface area (Å²) in [7, 11) is 2.98. The van der Waals surface area contributed by atoms with E-state index in [0.29, 0.717) is 11.6 Å². The molecule has 0 radical (unpaired) electrons. The standard InChI is InChI=1S/C18H14N4O3/c1-23-15-10-16(21-18(20-15)24-2)25-22-14-9-5-8-13-17(14)11-6-3-4-7-12(11)19-13/h3-10H,1-2H3. The van der Waals surface area contributed by atoms with Crippen molar-refractivity contribution in [3.05, 3.63) is 64.8 Å². The zero-order valence-corrected chi connectivity index (χ0v) is 13.6. The minimum Gasteiger partial charge on any atom is -0.481 e. The Morgan fingerprint density at radius 2 is 1.84 bits per heavy atom. The molecule has 0 spiro atoms. The van der Waals surface area contributed by atoms with Crippen LogP contribution < -0.4 is 24.9 Å². The van der Waals surface area contributed by atoms with E-state index < -0.39 is 0 Å². The molecule has 0 atom stereocenters. The number of para-hydroxylation sites is 1. The lowest BCUT2D eigenvalue weighted by Crippen LogP contribution is -2.24. The minimum absolute atomic E-state index is 0.142. The second-order valence-corrected chi connectivity index (χ2v) is 5.22. The predicted molar refractivity (Wildman–Crippen MR) is 91.1 cm³/mol. The van der Waals surface area contributed by atoms with E-state index >= 15 is 0 Å². The second-order valence-electron chi connectivity index (χ2n) is 5.22. The van der Waals surface area contributed by atoms with Crippen LogP contribution in [0.4, 0.5) is 0 Å². The average molecular weight is 334 g/mol. The summed E-state index contributed by atoms with van der Waals surface area (Å²) in [4.78, 5) is 18.2. The molecule has 124 valence electrons. The molecule has 1 aromatic heterocycles. The van der Waals surface area contributed by atoms with Crippen LogP contribution in [0.5, 0.6) is 17.8 Å². The summed E-state index contributed by atoms with van der Waals surface area (Å²) in [5.41, 5.74) is 2.47. The summed E-state index contributed by atoms with van der Waals surface area (Å²) in [5, 5.41) is 6.18. The number of nitrogens with zero attached hydrogens (tertiary/aromatic N) is 4. The molecule has 0 saturated heterocycles. The molecule has 0 amide bonds. The fourth-order valence-electron chi connectivity index (χ4n) is 2.61. The van der Waals surface area contributed by atoms with Crippen LogP contribution >= 0.6 is 0 Å². The Morgan fingerprint density at radius 1 is 1.00 bits per heavy atom. The normalized spacial score (nSPS) is 16.0. The van der Waals surface area contributed by atoms with Gasteiger partial charge in [-0.1, -0.05) is 29.4 Å². The fraction of sp³-hybridized carbons (Fsp3) is 0.111. The van der Waals surface area contributed by atoms with Crippen molar-refractivity contribution < 1.29 is 14.3 Å². The fourth-order valence-corrected chi connectivity index (χ4v) is 2.61. The highest BCUT2D eigenvalue weighted by atomic mass is 16.6. The molecule has 7 heteroatoms. The highest BCUT2D eigenvalue weighted by Crippen LogP contribution is 2.23. The highest BCUT2D eigenvalue weighted by Gasteiger charge is 2.19. The van der Waals surface area contributed by atoms with Crippen molar-refractivity contribution in [2.45, 2.75) is 0 Å². The molecule has 0 saturated carbocycles. The van der Waals surface area contributed by atoms with E-state index in [1.165, 1.54) is 20.3 Å². The third kappa shape index (κ3) is 2.76. The highest BCUT2D eigenvalue weighted by molar-refractivity contribution is 6.30. The Balaban J connectivity index is 1.73. The molecular weight excluding hydrogens is 320 g/mol. The number of fused-ring (bicyclic) bond motifs is 2. The van der Waals surface area contributed by atoms with Crippen molar-refractivity contribution in [3.63, 3.8) is 0 Å². The molecule has 4 rings (SSSR count). The van der Waals surface area contributed by atoms with Gasteiger partial charge in [0, 0.05) is 10.8 Å². The summed E-state index contributed by atoms with van der Waals surface area (Å²) in [6.45, 7) is 0. The molecule has 0 bridgehead atoms. The molecule has 0 fully saturated rings. The van der Waals surface area contributed by atoms with E-state index in [1.807, 2.05) is 42.5 Å². The lowest BCUT2D eigenvalue weighted by atomic mass is 10.0. The monoisotopic (exact) mass is 334 g/mol. The van der Waals surface area contributed by atoms with E-state index in [9.17, 15) is 0 Å². The summed E-state index contributed by atoms with van der Waals surface area (Å²) in [6, 6.07) is 9.60. The van der Waals surface area contributed by atoms with Gasteiger partial charge in [-0.05, 0) is 18.2 Å². The number of hydrogen-bond acceptors (Lipinski definition) is 7. The average Bonchev–Trinajstić information content (AvgIpc) is 3.05. The van der Waals surface area contributed by atoms with Crippen molar-refractivity contribution in [1.29, 1.82) is 0 Å². The smallest absolute Gasteiger partial charge is 0.322 e.